The molecule has 0 spiro atoms. The topological polar surface area (TPSA) is 43.7 Å². The zero-order valence-corrected chi connectivity index (χ0v) is 22.0. The molecular formula is C32H32N2O3. The largest absolute Gasteiger partial charge is 0.449 e. The van der Waals surface area contributed by atoms with Crippen LogP contribution < -0.4 is 14.4 Å². The maximum absolute atomic E-state index is 14.0. The molecule has 3 heterocycles. The summed E-state index contributed by atoms with van der Waals surface area (Å²) in [5.74, 6) is 1.24. The number of carbonyl (C=O) groups excluding carboxylic acids is 1. The number of ketones is 1. The number of rotatable bonds is 4. The van der Waals surface area contributed by atoms with Gasteiger partial charge in [0, 0.05) is 54.8 Å². The van der Waals surface area contributed by atoms with Crippen LogP contribution in [-0.4, -0.2) is 23.4 Å². The van der Waals surface area contributed by atoms with Crippen LogP contribution in [0.4, 0.5) is 5.69 Å². The number of allylic oxidation sites excluding steroid dienone is 1. The number of benzene rings is 2. The Balaban J connectivity index is 1.66. The third kappa shape index (κ3) is 4.31. The summed E-state index contributed by atoms with van der Waals surface area (Å²) < 4.78 is 14.5. The van der Waals surface area contributed by atoms with E-state index < -0.39 is 0 Å². The molecule has 0 aliphatic carbocycles. The molecule has 0 radical (unpaired) electrons. The van der Waals surface area contributed by atoms with Gasteiger partial charge < -0.3 is 18.9 Å². The van der Waals surface area contributed by atoms with Crippen molar-refractivity contribution >= 4 is 29.7 Å². The Labute approximate surface area is 218 Å². The number of Topliss-reactive ketones (excluding diaryl/α,β-unsaturated/α-hetero) is 1. The van der Waals surface area contributed by atoms with Gasteiger partial charge in [0.2, 0.25) is 0 Å². The molecule has 5 heteroatoms. The highest BCUT2D eigenvalue weighted by atomic mass is 16.5. The average molecular weight is 493 g/mol. The molecule has 0 N–H and O–H groups in total. The molecule has 1 aromatic heterocycles. The Morgan fingerprint density at radius 3 is 2.54 bits per heavy atom. The van der Waals surface area contributed by atoms with E-state index in [1.165, 1.54) is 5.56 Å². The van der Waals surface area contributed by atoms with Crippen LogP contribution in [0.2, 0.25) is 0 Å². The summed E-state index contributed by atoms with van der Waals surface area (Å²) in [5.41, 5.74) is 6.17. The van der Waals surface area contributed by atoms with Crippen molar-refractivity contribution in [3.63, 3.8) is 0 Å². The summed E-state index contributed by atoms with van der Waals surface area (Å²) in [6, 6.07) is 14.2. The number of aryl methyl sites for hydroxylation is 2. The number of carbonyl (C=O) groups is 1. The molecule has 0 bridgehead atoms. The molecule has 37 heavy (non-hydrogen) atoms. The molecule has 5 nitrogen and oxygen atoms in total. The van der Waals surface area contributed by atoms with E-state index in [4.69, 9.17) is 9.47 Å². The van der Waals surface area contributed by atoms with Crippen molar-refractivity contribution in [2.45, 2.75) is 32.7 Å². The highest BCUT2D eigenvalue weighted by Crippen LogP contribution is 2.43. The van der Waals surface area contributed by atoms with Gasteiger partial charge in [-0.2, -0.15) is 0 Å². The number of para-hydroxylation sites is 1. The maximum atomic E-state index is 14.0. The normalized spacial score (nSPS) is 21.1. The highest BCUT2D eigenvalue weighted by molar-refractivity contribution is 6.09. The van der Waals surface area contributed by atoms with E-state index >= 15 is 0 Å². The van der Waals surface area contributed by atoms with Crippen LogP contribution in [0.3, 0.4) is 0 Å². The fraction of sp³-hybridized carbons (Fsp3) is 0.219. The van der Waals surface area contributed by atoms with Gasteiger partial charge in [-0.1, -0.05) is 43.0 Å². The third-order valence-electron chi connectivity index (χ3n) is 7.24. The zero-order valence-electron chi connectivity index (χ0n) is 22.0. The van der Waals surface area contributed by atoms with Gasteiger partial charge in [-0.15, -0.1) is 0 Å². The second-order valence-electron chi connectivity index (χ2n) is 9.66. The summed E-state index contributed by atoms with van der Waals surface area (Å²) in [5, 5.41) is 0. The summed E-state index contributed by atoms with van der Waals surface area (Å²) in [4.78, 5) is 16.2. The van der Waals surface area contributed by atoms with Crippen LogP contribution in [-0.2, 0) is 11.8 Å². The van der Waals surface area contributed by atoms with Crippen molar-refractivity contribution in [3.05, 3.63) is 107 Å². The molecule has 188 valence electrons. The number of hydrogen-bond acceptors (Lipinski definition) is 4. The molecule has 5 rings (SSSR count). The molecule has 0 fully saturated rings. The van der Waals surface area contributed by atoms with E-state index in [1.54, 1.807) is 6.08 Å². The number of likely N-dealkylation sites (N-methyl/N-ethyl adjacent to an activating group) is 1. The van der Waals surface area contributed by atoms with Gasteiger partial charge in [-0.05, 0) is 68.3 Å². The van der Waals surface area contributed by atoms with Gasteiger partial charge in [-0.3, -0.25) is 4.79 Å². The van der Waals surface area contributed by atoms with E-state index in [2.05, 4.69) is 37.6 Å². The van der Waals surface area contributed by atoms with Crippen LogP contribution in [0.5, 0.6) is 11.5 Å². The lowest BCUT2D eigenvalue weighted by Gasteiger charge is -2.21. The minimum absolute atomic E-state index is 0.00363. The number of fused-ring (bicyclic) bond motifs is 2. The monoisotopic (exact) mass is 492 g/mol. The SMILES string of the molecule is C=Cc1c(C=CC)c(C=C2Oc3cc(C)ccc3OC(=CC3c4ccccc4N(C)C3C)C2=O)cn1C. The Bertz CT molecular complexity index is 1490. The molecule has 2 unspecified atom stereocenters. The molecule has 0 amide bonds. The van der Waals surface area contributed by atoms with Gasteiger partial charge in [0.25, 0.3) is 5.78 Å². The standard InChI is InChI=1S/C32H32N2O3/c1-7-11-23-22(19-33(5)26(23)8-2)17-30-32(35)31(36-28-15-14-20(3)16-29(28)37-30)18-25-21(4)34(6)27-13-10-9-12-24(25)27/h7-19,21,25H,2H2,1,3-6H3. The van der Waals surface area contributed by atoms with E-state index in [1.807, 2.05) is 86.3 Å². The van der Waals surface area contributed by atoms with Crippen molar-refractivity contribution in [2.75, 3.05) is 11.9 Å². The third-order valence-corrected chi connectivity index (χ3v) is 7.24. The zero-order chi connectivity index (χ0) is 26.3. The van der Waals surface area contributed by atoms with Crippen LogP contribution in [0.25, 0.3) is 18.2 Å². The van der Waals surface area contributed by atoms with Crippen LogP contribution >= 0.6 is 0 Å². The molecule has 3 aromatic rings. The second-order valence-corrected chi connectivity index (χ2v) is 9.66. The first-order chi connectivity index (χ1) is 17.8. The first-order valence-electron chi connectivity index (χ1n) is 12.5. The van der Waals surface area contributed by atoms with Crippen molar-refractivity contribution in [2.24, 2.45) is 7.05 Å². The summed E-state index contributed by atoms with van der Waals surface area (Å²) in [7, 11) is 4.05. The van der Waals surface area contributed by atoms with Crippen molar-refractivity contribution in [1.29, 1.82) is 0 Å². The first-order valence-corrected chi connectivity index (χ1v) is 12.5. The van der Waals surface area contributed by atoms with E-state index in [0.29, 0.717) is 11.5 Å². The number of anilines is 1. The average Bonchev–Trinajstić information content (AvgIpc) is 3.26. The fourth-order valence-corrected chi connectivity index (χ4v) is 5.18. The van der Waals surface area contributed by atoms with Gasteiger partial charge in [0.15, 0.2) is 23.0 Å². The Morgan fingerprint density at radius 2 is 1.78 bits per heavy atom. The predicted octanol–water partition coefficient (Wildman–Crippen LogP) is 6.90. The maximum Gasteiger partial charge on any atom is 0.263 e. The highest BCUT2D eigenvalue weighted by Gasteiger charge is 2.35. The van der Waals surface area contributed by atoms with Gasteiger partial charge in [-0.25, -0.2) is 0 Å². The molecule has 2 aliphatic rings. The summed E-state index contributed by atoms with van der Waals surface area (Å²) in [6.45, 7) is 10.1. The lowest BCUT2D eigenvalue weighted by molar-refractivity contribution is -0.115. The predicted molar refractivity (Wildman–Crippen MR) is 151 cm³/mol. The van der Waals surface area contributed by atoms with E-state index in [-0.39, 0.29) is 29.3 Å². The van der Waals surface area contributed by atoms with Crippen LogP contribution in [0.15, 0.2) is 78.9 Å². The number of aromatic nitrogens is 1. The van der Waals surface area contributed by atoms with E-state index in [0.717, 1.165) is 28.1 Å². The summed E-state index contributed by atoms with van der Waals surface area (Å²) >= 11 is 0. The number of nitrogens with zero attached hydrogens (tertiary/aromatic N) is 2. The van der Waals surface area contributed by atoms with Crippen molar-refractivity contribution < 1.29 is 14.3 Å². The molecular weight excluding hydrogens is 460 g/mol. The minimum atomic E-state index is -0.288. The molecule has 2 atom stereocenters. The quantitative estimate of drug-likeness (QED) is 0.372. The Hall–Kier alpha value is -4.25. The fourth-order valence-electron chi connectivity index (χ4n) is 5.18. The lowest BCUT2D eigenvalue weighted by Crippen LogP contribution is -2.27. The first kappa shape index (κ1) is 24.4. The molecule has 2 aliphatic heterocycles. The smallest absolute Gasteiger partial charge is 0.263 e. The second kappa shape index (κ2) is 9.66. The number of ether oxygens (including phenoxy) is 2. The van der Waals surface area contributed by atoms with Crippen molar-refractivity contribution in [1.82, 2.24) is 4.57 Å². The molecule has 0 saturated carbocycles. The molecule has 0 saturated heterocycles. The van der Waals surface area contributed by atoms with Gasteiger partial charge >= 0.3 is 0 Å². The van der Waals surface area contributed by atoms with E-state index in [9.17, 15) is 4.79 Å². The van der Waals surface area contributed by atoms with Gasteiger partial charge in [0.1, 0.15) is 0 Å². The lowest BCUT2D eigenvalue weighted by atomic mass is 9.94. The van der Waals surface area contributed by atoms with Gasteiger partial charge in [0.05, 0.1) is 0 Å². The van der Waals surface area contributed by atoms with Crippen LogP contribution in [0, 0.1) is 6.92 Å². The summed E-state index contributed by atoms with van der Waals surface area (Å²) in [6.07, 6.45) is 11.5. The Morgan fingerprint density at radius 1 is 1.03 bits per heavy atom. The number of hydrogen-bond donors (Lipinski definition) is 0. The molecule has 2 aromatic carbocycles. The van der Waals surface area contributed by atoms with Crippen LogP contribution in [0.1, 0.15) is 47.7 Å². The Kier molecular flexibility index (Phi) is 6.38. The van der Waals surface area contributed by atoms with Crippen molar-refractivity contribution in [3.8, 4) is 11.5 Å². The minimum Gasteiger partial charge on any atom is -0.449 e.